The summed E-state index contributed by atoms with van der Waals surface area (Å²) in [6.45, 7) is 0. The van der Waals surface area contributed by atoms with E-state index < -0.39 is 18.1 Å². The zero-order valence-electron chi connectivity index (χ0n) is 6.08. The quantitative estimate of drug-likeness (QED) is 0.227. The third-order valence-corrected chi connectivity index (χ3v) is 0. The molecule has 0 spiro atoms. The van der Waals surface area contributed by atoms with E-state index in [9.17, 15) is 0 Å². The molecule has 0 atom stereocenters. The predicted molar refractivity (Wildman–Crippen MR) is 36.3 cm³/mol. The summed E-state index contributed by atoms with van der Waals surface area (Å²) in [4.78, 5) is 61.1. The monoisotopic (exact) mass is 240 g/mol. The van der Waals surface area contributed by atoms with Crippen molar-refractivity contribution < 1.29 is 38.4 Å². The molecule has 0 rings (SSSR count). The van der Waals surface area contributed by atoms with Crippen LogP contribution in [0.25, 0.3) is 0 Å². The van der Waals surface area contributed by atoms with Crippen LogP contribution in [0.2, 0.25) is 0 Å². The maximum absolute atomic E-state index is 8.80. The van der Waals surface area contributed by atoms with Crippen LogP contribution >= 0.6 is 0 Å². The van der Waals surface area contributed by atoms with E-state index in [-0.39, 0.29) is 0 Å². The Morgan fingerprint density at radius 2 is 0.833 bits per heavy atom. The molecule has 12 heavy (non-hydrogen) atoms. The van der Waals surface area contributed by atoms with Crippen molar-refractivity contribution >= 4 is 55.2 Å². The molecule has 0 aromatic carbocycles. The van der Waals surface area contributed by atoms with Gasteiger partial charge < -0.3 is 38.4 Å². The molecule has 0 aromatic heterocycles. The predicted octanol–water partition coefficient (Wildman–Crippen LogP) is -7.24. The average Bonchev–Trinajstić information content (AvgIpc) is 1.59. The normalized spacial score (nSPS) is 10.7. The van der Waals surface area contributed by atoms with Gasteiger partial charge in [0.2, 0.25) is 0 Å². The van der Waals surface area contributed by atoms with Crippen LogP contribution in [0, 0.1) is 0 Å². The van der Waals surface area contributed by atoms with Crippen molar-refractivity contribution in [2.75, 3.05) is 0 Å². The van der Waals surface area contributed by atoms with Crippen LogP contribution in [-0.4, -0.2) is 84.0 Å². The molecule has 8 nitrogen and oxygen atoms in total. The van der Waals surface area contributed by atoms with Crippen molar-refractivity contribution in [3.8, 4) is 0 Å². The second-order valence-corrected chi connectivity index (χ2v) is 3.45. The molecule has 0 heterocycles. The van der Waals surface area contributed by atoms with Gasteiger partial charge in [-0.2, -0.15) is 0 Å². The summed E-state index contributed by atoms with van der Waals surface area (Å²) in [5, 5.41) is 0. The third-order valence-electron chi connectivity index (χ3n) is 0. The van der Waals surface area contributed by atoms with Gasteiger partial charge in [-0.25, -0.2) is 0 Å². The summed E-state index contributed by atoms with van der Waals surface area (Å²) in [5.41, 5.74) is 0. The SMILES string of the molecule is O[Si](O)(O)O.[Na][Al+2].[O-][Si]([O-])(O)O. The van der Waals surface area contributed by atoms with E-state index >= 15 is 0 Å². The van der Waals surface area contributed by atoms with E-state index in [1.165, 1.54) is 25.3 Å². The first-order valence-electron chi connectivity index (χ1n) is 2.33. The van der Waals surface area contributed by atoms with E-state index in [2.05, 4.69) is 11.8 Å². The topological polar surface area (TPSA) is 168 Å². The van der Waals surface area contributed by atoms with Crippen LogP contribution in [0.1, 0.15) is 0 Å². The molecule has 66 valence electrons. The van der Waals surface area contributed by atoms with Gasteiger partial charge in [-0.15, -0.1) is 0 Å². The summed E-state index contributed by atoms with van der Waals surface area (Å²) in [5.74, 6) is 0. The molecular weight excluding hydrogens is 234 g/mol. The Kier molecular flexibility index (Phi) is 14.8. The Labute approximate surface area is 93.0 Å². The van der Waals surface area contributed by atoms with Crippen LogP contribution < -0.4 is 9.59 Å². The summed E-state index contributed by atoms with van der Waals surface area (Å²) < 4.78 is 0. The molecule has 0 radical (unpaired) electrons. The van der Waals surface area contributed by atoms with Gasteiger partial charge in [0.25, 0.3) is 0 Å². The maximum Gasteiger partial charge on any atom is 0.140 e. The average molecular weight is 240 g/mol. The molecule has 0 aromatic rings. The van der Waals surface area contributed by atoms with E-state index in [0.29, 0.717) is 0 Å². The van der Waals surface area contributed by atoms with Crippen molar-refractivity contribution in [1.82, 2.24) is 0 Å². The smallest absolute Gasteiger partial charge is 0.140 e. The van der Waals surface area contributed by atoms with Crippen molar-refractivity contribution in [2.45, 2.75) is 0 Å². The molecule has 0 unspecified atom stereocenters. The summed E-state index contributed by atoms with van der Waals surface area (Å²) >= 11 is 3.78. The van der Waals surface area contributed by atoms with Gasteiger partial charge in [-0.1, -0.05) is 0 Å². The Hall–Kier alpha value is 1.65. The van der Waals surface area contributed by atoms with Crippen LogP contribution in [-0.2, 0) is 0 Å². The molecule has 0 aliphatic carbocycles. The fourth-order valence-corrected chi connectivity index (χ4v) is 0. The zero-order chi connectivity index (χ0) is 11.0. The molecule has 12 heteroatoms. The zero-order valence-corrected chi connectivity index (χ0v) is 11.2. The van der Waals surface area contributed by atoms with Crippen LogP contribution in [0.15, 0.2) is 0 Å². The van der Waals surface area contributed by atoms with Gasteiger partial charge in [-0.3, -0.25) is 0 Å². The first-order chi connectivity index (χ1) is 5.00. The molecule has 6 N–H and O–H groups in total. The minimum absolute atomic E-state index is 1.22. The molecule has 0 amide bonds. The van der Waals surface area contributed by atoms with E-state index in [0.717, 1.165) is 0 Å². The van der Waals surface area contributed by atoms with E-state index in [4.69, 9.17) is 38.4 Å². The third kappa shape index (κ3) is 487. The van der Waals surface area contributed by atoms with Crippen molar-refractivity contribution in [2.24, 2.45) is 0 Å². The number of rotatable bonds is 0. The first kappa shape index (κ1) is 19.3. The second kappa shape index (κ2) is 9.21. The van der Waals surface area contributed by atoms with Gasteiger partial charge in [0, 0.05) is 0 Å². The fourth-order valence-electron chi connectivity index (χ4n) is 0. The standard InChI is InChI=1S/Al.Na.H4O4Si.H2O4Si/c;;2*1-5(2,3)4/h;;1-4H;1-2H/q+2;;;-2. The molecule has 0 aliphatic rings. The van der Waals surface area contributed by atoms with Gasteiger partial charge in [-0.05, 0) is 0 Å². The minimum Gasteiger partial charge on any atom is -0.828 e. The van der Waals surface area contributed by atoms with Gasteiger partial charge in [0.15, 0.2) is 0 Å². The number of hydrogen-bond donors (Lipinski definition) is 6. The van der Waals surface area contributed by atoms with Crippen LogP contribution in [0.4, 0.5) is 0 Å². The van der Waals surface area contributed by atoms with Crippen LogP contribution in [0.3, 0.4) is 0 Å². The summed E-state index contributed by atoms with van der Waals surface area (Å²) in [7, 11) is -9.72. The Morgan fingerprint density at radius 1 is 0.833 bits per heavy atom. The Morgan fingerprint density at radius 3 is 0.833 bits per heavy atom. The van der Waals surface area contributed by atoms with E-state index in [1.54, 1.807) is 0 Å². The fraction of sp³-hybridized carbons (Fsp3) is 0. The van der Waals surface area contributed by atoms with Crippen molar-refractivity contribution in [3.05, 3.63) is 0 Å². The summed E-state index contributed by atoms with van der Waals surface area (Å²) in [6.07, 6.45) is 0. The molecule has 0 saturated carbocycles. The van der Waals surface area contributed by atoms with Gasteiger partial charge in [0.05, 0.1) is 0 Å². The van der Waals surface area contributed by atoms with Crippen molar-refractivity contribution in [3.63, 3.8) is 0 Å². The van der Waals surface area contributed by atoms with Crippen LogP contribution in [0.5, 0.6) is 0 Å². The second-order valence-electron chi connectivity index (χ2n) is 1.15. The molecule has 0 aliphatic heterocycles. The largest absolute Gasteiger partial charge is 0.828 e. The molecule has 0 bridgehead atoms. The Bertz CT molecular complexity index is 60.0. The first-order valence-corrected chi connectivity index (χ1v) is 10.4. The number of hydrogen-bond acceptors (Lipinski definition) is 8. The van der Waals surface area contributed by atoms with Gasteiger partial charge in [0.1, 0.15) is 9.05 Å². The van der Waals surface area contributed by atoms with Gasteiger partial charge >= 0.3 is 46.1 Å². The minimum atomic E-state index is -5.11. The van der Waals surface area contributed by atoms with Crippen molar-refractivity contribution in [1.29, 1.82) is 0 Å². The molecule has 0 saturated heterocycles. The molecular formula is H6AlNaO8Si2. The summed E-state index contributed by atoms with van der Waals surface area (Å²) in [6, 6.07) is 0. The van der Waals surface area contributed by atoms with E-state index in [1.807, 2.05) is 0 Å². The maximum atomic E-state index is 8.80. The molecule has 0 fully saturated rings. The Balaban J connectivity index is -0.000000112.